The second-order valence-electron chi connectivity index (χ2n) is 15.7. The Morgan fingerprint density at radius 1 is 0.588 bits per heavy atom. The van der Waals surface area contributed by atoms with Gasteiger partial charge in [0.2, 0.25) is 0 Å². The summed E-state index contributed by atoms with van der Waals surface area (Å²) in [5, 5.41) is 0. The van der Waals surface area contributed by atoms with E-state index in [2.05, 4.69) is 26.0 Å². The number of carbonyl (C=O) groups excluding carboxylic acids is 1. The van der Waals surface area contributed by atoms with Crippen molar-refractivity contribution in [3.05, 3.63) is 12.2 Å². The standard InChI is InChI=1S/C42H84NO7P/c1-6-8-10-12-14-16-18-20-21-22-24-26-28-30-32-34-37-47-39-41(40-49-51(45,46)48-38-36-43(3,4)5)50-42(44)35-33-31-29-27-25-23-19-17-15-13-11-9-7-2/h20-21,41H,6-19,22-40H2,1-5H3/b21-20-/t41-/m1/s1. The number of esters is 1. The monoisotopic (exact) mass is 746 g/mol. The molecule has 0 aliphatic heterocycles. The van der Waals surface area contributed by atoms with Crippen LogP contribution in [0.15, 0.2) is 12.2 Å². The number of allylic oxidation sites excluding steroid dienone is 2. The molecule has 0 aromatic heterocycles. The summed E-state index contributed by atoms with van der Waals surface area (Å²) >= 11 is 0. The number of quaternary nitrogens is 1. The molecule has 8 nitrogen and oxygen atoms in total. The van der Waals surface area contributed by atoms with Crippen LogP contribution in [0.5, 0.6) is 0 Å². The number of hydrogen-bond acceptors (Lipinski definition) is 7. The first-order chi connectivity index (χ1) is 24.6. The van der Waals surface area contributed by atoms with Crippen LogP contribution in [-0.2, 0) is 27.9 Å². The van der Waals surface area contributed by atoms with E-state index in [4.69, 9.17) is 18.5 Å². The molecule has 0 aromatic carbocycles. The van der Waals surface area contributed by atoms with E-state index in [9.17, 15) is 14.3 Å². The van der Waals surface area contributed by atoms with Crippen LogP contribution in [0.25, 0.3) is 0 Å². The van der Waals surface area contributed by atoms with Gasteiger partial charge >= 0.3 is 5.97 Å². The van der Waals surface area contributed by atoms with E-state index in [0.29, 0.717) is 24.1 Å². The van der Waals surface area contributed by atoms with Crippen LogP contribution < -0.4 is 4.89 Å². The topological polar surface area (TPSA) is 94.1 Å². The third kappa shape index (κ3) is 40.3. The Balaban J connectivity index is 4.23. The van der Waals surface area contributed by atoms with Gasteiger partial charge in [0.05, 0.1) is 34.4 Å². The summed E-state index contributed by atoms with van der Waals surface area (Å²) in [6.07, 6.45) is 37.8. The van der Waals surface area contributed by atoms with Crippen LogP contribution in [0.2, 0.25) is 0 Å². The molecule has 0 saturated heterocycles. The number of likely N-dealkylation sites (N-methyl/N-ethyl adjacent to an activating group) is 1. The lowest BCUT2D eigenvalue weighted by atomic mass is 10.0. The Morgan fingerprint density at radius 3 is 1.49 bits per heavy atom. The van der Waals surface area contributed by atoms with E-state index in [0.717, 1.165) is 32.1 Å². The van der Waals surface area contributed by atoms with E-state index >= 15 is 0 Å². The predicted octanol–water partition coefficient (Wildman–Crippen LogP) is 11.6. The van der Waals surface area contributed by atoms with Crippen molar-refractivity contribution in [2.24, 2.45) is 0 Å². The van der Waals surface area contributed by atoms with E-state index in [1.165, 1.54) is 141 Å². The molecule has 0 aliphatic rings. The molecule has 0 N–H and O–H groups in total. The largest absolute Gasteiger partial charge is 0.756 e. The maximum atomic E-state index is 12.6. The molecule has 0 heterocycles. The average molecular weight is 746 g/mol. The second-order valence-corrected chi connectivity index (χ2v) is 17.1. The Bertz CT molecular complexity index is 833. The molecule has 1 unspecified atom stereocenters. The molecule has 304 valence electrons. The summed E-state index contributed by atoms with van der Waals surface area (Å²) < 4.78 is 34.5. The number of carbonyl (C=O) groups is 1. The van der Waals surface area contributed by atoms with Gasteiger partial charge in [0.25, 0.3) is 7.82 Å². The summed E-state index contributed by atoms with van der Waals surface area (Å²) in [5.41, 5.74) is 0. The van der Waals surface area contributed by atoms with Crippen molar-refractivity contribution >= 4 is 13.8 Å². The summed E-state index contributed by atoms with van der Waals surface area (Å²) in [6.45, 7) is 5.42. The van der Waals surface area contributed by atoms with Crippen LogP contribution in [-0.4, -0.2) is 70.7 Å². The minimum Gasteiger partial charge on any atom is -0.756 e. The molecule has 9 heteroatoms. The smallest absolute Gasteiger partial charge is 0.306 e. The predicted molar refractivity (Wildman–Crippen MR) is 213 cm³/mol. The number of rotatable bonds is 40. The molecule has 0 amide bonds. The van der Waals surface area contributed by atoms with Gasteiger partial charge < -0.3 is 27.9 Å². The lowest BCUT2D eigenvalue weighted by Gasteiger charge is -2.28. The third-order valence-electron chi connectivity index (χ3n) is 9.32. The maximum absolute atomic E-state index is 12.6. The molecule has 0 aromatic rings. The van der Waals surface area contributed by atoms with E-state index in [-0.39, 0.29) is 25.8 Å². The van der Waals surface area contributed by atoms with Gasteiger partial charge in [-0.1, -0.05) is 161 Å². The summed E-state index contributed by atoms with van der Waals surface area (Å²) in [7, 11) is 1.36. The van der Waals surface area contributed by atoms with Crippen LogP contribution in [0.4, 0.5) is 0 Å². The molecule has 0 bridgehead atoms. The first kappa shape index (κ1) is 50.2. The Morgan fingerprint density at radius 2 is 1.02 bits per heavy atom. The van der Waals surface area contributed by atoms with Crippen molar-refractivity contribution in [1.82, 2.24) is 0 Å². The molecule has 0 rings (SSSR count). The van der Waals surface area contributed by atoms with Crippen LogP contribution in [0.1, 0.15) is 194 Å². The van der Waals surface area contributed by atoms with Crippen molar-refractivity contribution < 1.29 is 37.3 Å². The Kier molecular flexibility index (Phi) is 35.7. The molecule has 0 saturated carbocycles. The first-order valence-corrected chi connectivity index (χ1v) is 22.9. The van der Waals surface area contributed by atoms with Crippen LogP contribution in [0.3, 0.4) is 0 Å². The molecule has 0 fully saturated rings. The fourth-order valence-corrected chi connectivity index (χ4v) is 6.68. The first-order valence-electron chi connectivity index (χ1n) is 21.4. The number of phosphoric ester groups is 1. The molecule has 0 aliphatic carbocycles. The zero-order chi connectivity index (χ0) is 37.7. The van der Waals surface area contributed by atoms with Crippen LogP contribution in [0, 0.1) is 0 Å². The van der Waals surface area contributed by atoms with Crippen molar-refractivity contribution in [2.45, 2.75) is 200 Å². The Labute approximate surface area is 316 Å². The van der Waals surface area contributed by atoms with Crippen molar-refractivity contribution in [3.63, 3.8) is 0 Å². The molecule has 51 heavy (non-hydrogen) atoms. The lowest BCUT2D eigenvalue weighted by Crippen LogP contribution is -2.37. The molecule has 2 atom stereocenters. The van der Waals surface area contributed by atoms with Gasteiger partial charge in [-0.25, -0.2) is 0 Å². The number of ether oxygens (including phenoxy) is 2. The fourth-order valence-electron chi connectivity index (χ4n) is 5.95. The van der Waals surface area contributed by atoms with E-state index in [1.807, 2.05) is 21.1 Å². The molecule has 0 radical (unpaired) electrons. The van der Waals surface area contributed by atoms with E-state index < -0.39 is 13.9 Å². The summed E-state index contributed by atoms with van der Waals surface area (Å²) in [4.78, 5) is 25.0. The molecular formula is C42H84NO7P. The lowest BCUT2D eigenvalue weighted by molar-refractivity contribution is -0.870. The van der Waals surface area contributed by atoms with Gasteiger partial charge in [-0.3, -0.25) is 9.36 Å². The van der Waals surface area contributed by atoms with Gasteiger partial charge in [0.1, 0.15) is 19.3 Å². The third-order valence-corrected chi connectivity index (χ3v) is 10.3. The van der Waals surface area contributed by atoms with Crippen molar-refractivity contribution in [1.29, 1.82) is 0 Å². The highest BCUT2D eigenvalue weighted by atomic mass is 31.2. The van der Waals surface area contributed by atoms with Gasteiger partial charge in [0, 0.05) is 13.0 Å². The number of phosphoric acid groups is 1. The van der Waals surface area contributed by atoms with Gasteiger partial charge in [-0.15, -0.1) is 0 Å². The van der Waals surface area contributed by atoms with Crippen molar-refractivity contribution in [2.75, 3.05) is 54.1 Å². The SMILES string of the molecule is CCCCCCCC/C=C\CCCCCCCCOC[C@H](COP(=O)([O-])OCC[N+](C)(C)C)OC(=O)CCCCCCCCCCCCCCC. The number of hydrogen-bond donors (Lipinski definition) is 0. The highest BCUT2D eigenvalue weighted by molar-refractivity contribution is 7.45. The van der Waals surface area contributed by atoms with Gasteiger partial charge in [-0.05, 0) is 38.5 Å². The van der Waals surface area contributed by atoms with Gasteiger partial charge in [-0.2, -0.15) is 0 Å². The van der Waals surface area contributed by atoms with E-state index in [1.54, 1.807) is 0 Å². The molecular weight excluding hydrogens is 661 g/mol. The number of nitrogens with zero attached hydrogens (tertiary/aromatic N) is 1. The number of unbranched alkanes of at least 4 members (excludes halogenated alkanes) is 24. The minimum atomic E-state index is -4.52. The summed E-state index contributed by atoms with van der Waals surface area (Å²) in [6, 6.07) is 0. The zero-order valence-corrected chi connectivity index (χ0v) is 35.2. The van der Waals surface area contributed by atoms with Gasteiger partial charge in [0.15, 0.2) is 0 Å². The second kappa shape index (κ2) is 36.2. The normalized spacial score (nSPS) is 13.9. The average Bonchev–Trinajstić information content (AvgIpc) is 3.08. The highest BCUT2D eigenvalue weighted by Gasteiger charge is 2.20. The molecule has 0 spiro atoms. The maximum Gasteiger partial charge on any atom is 0.306 e. The highest BCUT2D eigenvalue weighted by Crippen LogP contribution is 2.38. The van der Waals surface area contributed by atoms with Crippen molar-refractivity contribution in [3.8, 4) is 0 Å². The zero-order valence-electron chi connectivity index (χ0n) is 34.3. The van der Waals surface area contributed by atoms with Crippen LogP contribution >= 0.6 is 7.82 Å². The quantitative estimate of drug-likeness (QED) is 0.0203. The minimum absolute atomic E-state index is 0.0280. The summed E-state index contributed by atoms with van der Waals surface area (Å²) in [5.74, 6) is -0.334. The fraction of sp³-hybridized carbons (Fsp3) is 0.929. The Hall–Kier alpha value is -0.760.